The van der Waals surface area contributed by atoms with Crippen LogP contribution in [0.4, 0.5) is 0 Å². The number of amides is 1. The second kappa shape index (κ2) is 7.60. The van der Waals surface area contributed by atoms with Gasteiger partial charge in [-0.25, -0.2) is 10.4 Å². The minimum Gasteiger partial charge on any atom is -0.431 e. The van der Waals surface area contributed by atoms with E-state index in [-0.39, 0.29) is 11.7 Å². The molecule has 116 valence electrons. The second-order valence-electron chi connectivity index (χ2n) is 4.58. The van der Waals surface area contributed by atoms with Crippen LogP contribution in [0.1, 0.15) is 5.56 Å². The van der Waals surface area contributed by atoms with Crippen molar-refractivity contribution in [2.45, 2.75) is 5.22 Å². The highest BCUT2D eigenvalue weighted by molar-refractivity contribution is 14.1. The van der Waals surface area contributed by atoms with Crippen LogP contribution >= 0.6 is 34.4 Å². The lowest BCUT2D eigenvalue weighted by molar-refractivity contribution is -0.118. The number of hydrogen-bond acceptors (Lipinski definition) is 5. The molecular formula is C16H12IN3O2S. The maximum Gasteiger partial charge on any atom is 0.257 e. The molecule has 3 rings (SSSR count). The Morgan fingerprint density at radius 3 is 3.00 bits per heavy atom. The fourth-order valence-electron chi connectivity index (χ4n) is 1.84. The molecule has 0 unspecified atom stereocenters. The van der Waals surface area contributed by atoms with Crippen LogP contribution in [0.5, 0.6) is 0 Å². The number of nitrogens with zero attached hydrogens (tertiary/aromatic N) is 2. The van der Waals surface area contributed by atoms with Crippen molar-refractivity contribution >= 4 is 57.6 Å². The molecular weight excluding hydrogens is 425 g/mol. The molecule has 5 nitrogen and oxygen atoms in total. The molecule has 3 aromatic rings. The van der Waals surface area contributed by atoms with Gasteiger partial charge in [-0.1, -0.05) is 36.0 Å². The summed E-state index contributed by atoms with van der Waals surface area (Å²) in [5.74, 6) is -0.0182. The lowest BCUT2D eigenvalue weighted by Gasteiger charge is -1.97. The number of aromatic nitrogens is 1. The summed E-state index contributed by atoms with van der Waals surface area (Å²) in [5.41, 5.74) is 4.93. The van der Waals surface area contributed by atoms with Crippen LogP contribution in [0.3, 0.4) is 0 Å². The summed E-state index contributed by atoms with van der Waals surface area (Å²) in [5, 5.41) is 4.42. The van der Waals surface area contributed by atoms with Gasteiger partial charge in [0.05, 0.1) is 12.0 Å². The Bertz CT molecular complexity index is 830. The Labute approximate surface area is 150 Å². The standard InChI is InChI=1S/C16H12IN3O2S/c17-12-5-3-4-11(8-12)9-18-20-15(21)10-23-16-19-13-6-1-2-7-14(13)22-16/h1-9H,10H2,(H,20,21)/b18-9+. The molecule has 0 saturated heterocycles. The maximum absolute atomic E-state index is 11.8. The summed E-state index contributed by atoms with van der Waals surface area (Å²) < 4.78 is 6.65. The third-order valence-corrected chi connectivity index (χ3v) is 4.35. The van der Waals surface area contributed by atoms with E-state index in [0.717, 1.165) is 14.7 Å². The van der Waals surface area contributed by atoms with Crippen molar-refractivity contribution in [1.29, 1.82) is 0 Å². The number of benzene rings is 2. The number of carbonyl (C=O) groups is 1. The van der Waals surface area contributed by atoms with Gasteiger partial charge in [-0.2, -0.15) is 5.10 Å². The quantitative estimate of drug-likeness (QED) is 0.286. The Kier molecular flexibility index (Phi) is 5.29. The molecule has 1 N–H and O–H groups in total. The fraction of sp³-hybridized carbons (Fsp3) is 0.0625. The van der Waals surface area contributed by atoms with Crippen LogP contribution in [-0.4, -0.2) is 22.9 Å². The molecule has 0 atom stereocenters. The van der Waals surface area contributed by atoms with Gasteiger partial charge in [0.15, 0.2) is 5.58 Å². The van der Waals surface area contributed by atoms with Crippen molar-refractivity contribution in [1.82, 2.24) is 10.4 Å². The molecule has 0 saturated carbocycles. The first-order chi connectivity index (χ1) is 11.2. The van der Waals surface area contributed by atoms with E-state index in [4.69, 9.17) is 4.42 Å². The third-order valence-electron chi connectivity index (χ3n) is 2.85. The van der Waals surface area contributed by atoms with Crippen LogP contribution in [0.15, 0.2) is 63.3 Å². The Balaban J connectivity index is 1.51. The molecule has 1 amide bonds. The first-order valence-corrected chi connectivity index (χ1v) is 8.83. The van der Waals surface area contributed by atoms with Crippen LogP contribution in [0.25, 0.3) is 11.1 Å². The van der Waals surface area contributed by atoms with E-state index >= 15 is 0 Å². The Morgan fingerprint density at radius 2 is 2.17 bits per heavy atom. The molecule has 0 bridgehead atoms. The highest BCUT2D eigenvalue weighted by Crippen LogP contribution is 2.22. The zero-order chi connectivity index (χ0) is 16.1. The molecule has 0 spiro atoms. The molecule has 0 fully saturated rings. The number of halogens is 1. The minimum absolute atomic E-state index is 0.191. The lowest BCUT2D eigenvalue weighted by atomic mass is 10.2. The SMILES string of the molecule is O=C(CSc1nc2ccccc2o1)N/N=C/c1cccc(I)c1. The average molecular weight is 437 g/mol. The summed E-state index contributed by atoms with van der Waals surface area (Å²) in [4.78, 5) is 16.1. The van der Waals surface area contributed by atoms with Crippen LogP contribution in [0, 0.1) is 3.57 Å². The number of oxazole rings is 1. The predicted molar refractivity (Wildman–Crippen MR) is 99.6 cm³/mol. The van der Waals surface area contributed by atoms with Crippen LogP contribution < -0.4 is 5.43 Å². The van der Waals surface area contributed by atoms with Gasteiger partial charge in [-0.05, 0) is 52.4 Å². The average Bonchev–Trinajstić information content (AvgIpc) is 2.96. The van der Waals surface area contributed by atoms with Crippen molar-refractivity contribution in [3.63, 3.8) is 0 Å². The number of carbonyl (C=O) groups excluding carboxylic acids is 1. The summed E-state index contributed by atoms with van der Waals surface area (Å²) in [6, 6.07) is 15.3. The van der Waals surface area contributed by atoms with E-state index < -0.39 is 0 Å². The van der Waals surface area contributed by atoms with E-state index in [0.29, 0.717) is 10.8 Å². The first kappa shape index (κ1) is 16.0. The van der Waals surface area contributed by atoms with Crippen molar-refractivity contribution in [2.24, 2.45) is 5.10 Å². The van der Waals surface area contributed by atoms with Gasteiger partial charge in [0.2, 0.25) is 0 Å². The molecule has 1 heterocycles. The van der Waals surface area contributed by atoms with E-state index in [1.807, 2.05) is 48.5 Å². The zero-order valence-corrected chi connectivity index (χ0v) is 14.9. The van der Waals surface area contributed by atoms with E-state index in [9.17, 15) is 4.79 Å². The van der Waals surface area contributed by atoms with Crippen LogP contribution in [0.2, 0.25) is 0 Å². The van der Waals surface area contributed by atoms with Gasteiger partial charge in [0.25, 0.3) is 11.1 Å². The molecule has 23 heavy (non-hydrogen) atoms. The Morgan fingerprint density at radius 1 is 1.30 bits per heavy atom. The molecule has 0 aliphatic heterocycles. The summed E-state index contributed by atoms with van der Waals surface area (Å²) in [6.45, 7) is 0. The highest BCUT2D eigenvalue weighted by Gasteiger charge is 2.08. The van der Waals surface area contributed by atoms with E-state index in [1.54, 1.807) is 6.21 Å². The number of hydrogen-bond donors (Lipinski definition) is 1. The molecule has 2 aromatic carbocycles. The smallest absolute Gasteiger partial charge is 0.257 e. The third kappa shape index (κ3) is 4.55. The van der Waals surface area contributed by atoms with Crippen LogP contribution in [-0.2, 0) is 4.79 Å². The normalized spacial score (nSPS) is 11.2. The molecule has 0 aliphatic rings. The van der Waals surface area contributed by atoms with Gasteiger partial charge in [0, 0.05) is 3.57 Å². The van der Waals surface area contributed by atoms with Gasteiger partial charge >= 0.3 is 0 Å². The molecule has 7 heteroatoms. The van der Waals surface area contributed by atoms with Gasteiger partial charge in [0.1, 0.15) is 5.52 Å². The van der Waals surface area contributed by atoms with Gasteiger partial charge in [-0.15, -0.1) is 0 Å². The molecule has 0 aliphatic carbocycles. The Hall–Kier alpha value is -1.87. The highest BCUT2D eigenvalue weighted by atomic mass is 127. The molecule has 1 aromatic heterocycles. The lowest BCUT2D eigenvalue weighted by Crippen LogP contribution is -2.19. The van der Waals surface area contributed by atoms with Crippen molar-refractivity contribution in [3.05, 3.63) is 57.7 Å². The van der Waals surface area contributed by atoms with E-state index in [1.165, 1.54) is 11.8 Å². The number of thioether (sulfide) groups is 1. The number of rotatable bonds is 5. The number of hydrazone groups is 1. The number of nitrogens with one attached hydrogen (secondary N) is 1. The number of para-hydroxylation sites is 2. The molecule has 0 radical (unpaired) electrons. The van der Waals surface area contributed by atoms with Crippen molar-refractivity contribution in [2.75, 3.05) is 5.75 Å². The van der Waals surface area contributed by atoms with Gasteiger partial charge in [-0.3, -0.25) is 4.79 Å². The largest absolute Gasteiger partial charge is 0.431 e. The first-order valence-electron chi connectivity index (χ1n) is 6.76. The summed E-state index contributed by atoms with van der Waals surface area (Å²) >= 11 is 3.46. The van der Waals surface area contributed by atoms with Gasteiger partial charge < -0.3 is 4.42 Å². The summed E-state index contributed by atoms with van der Waals surface area (Å²) in [6.07, 6.45) is 1.62. The zero-order valence-electron chi connectivity index (χ0n) is 11.9. The summed E-state index contributed by atoms with van der Waals surface area (Å²) in [7, 11) is 0. The maximum atomic E-state index is 11.8. The minimum atomic E-state index is -0.209. The van der Waals surface area contributed by atoms with E-state index in [2.05, 4.69) is 38.1 Å². The predicted octanol–water partition coefficient (Wildman–Crippen LogP) is 3.67. The second-order valence-corrected chi connectivity index (χ2v) is 6.76. The van der Waals surface area contributed by atoms with Crippen molar-refractivity contribution < 1.29 is 9.21 Å². The van der Waals surface area contributed by atoms with Crippen molar-refractivity contribution in [3.8, 4) is 0 Å². The topological polar surface area (TPSA) is 67.5 Å². The monoisotopic (exact) mass is 437 g/mol. The number of fused-ring (bicyclic) bond motifs is 1. The fourth-order valence-corrected chi connectivity index (χ4v) is 3.04.